The fourth-order valence-corrected chi connectivity index (χ4v) is 1.52. The second kappa shape index (κ2) is 3.36. The number of hydrogen-bond acceptors (Lipinski definition) is 2. The minimum Gasteiger partial charge on any atom is -0.313 e. The predicted molar refractivity (Wildman–Crippen MR) is 44.6 cm³/mol. The molecule has 0 rings (SSSR count). The number of nitrogens with one attached hydrogen (secondary N) is 1. The van der Waals surface area contributed by atoms with Crippen LogP contribution in [0.5, 0.6) is 0 Å². The topological polar surface area (TPSA) is 15.3 Å². The van der Waals surface area contributed by atoms with E-state index < -0.39 is 7.71 Å². The van der Waals surface area contributed by atoms with E-state index in [4.69, 9.17) is 11.1 Å². The summed E-state index contributed by atoms with van der Waals surface area (Å²) in [6, 6.07) is 0. The summed E-state index contributed by atoms with van der Waals surface area (Å²) in [6.07, 6.45) is 0. The number of rotatable bonds is 3. The zero-order valence-corrected chi connectivity index (χ0v) is 7.87. The van der Waals surface area contributed by atoms with Gasteiger partial charge in [0, 0.05) is 0 Å². The minimum atomic E-state index is -1.96. The molecule has 9 heavy (non-hydrogen) atoms. The summed E-state index contributed by atoms with van der Waals surface area (Å²) in [4.78, 5) is 3.04. The second-order valence-electron chi connectivity index (χ2n) is 2.02. The van der Waals surface area contributed by atoms with Gasteiger partial charge in [-0.15, -0.1) is 17.7 Å². The number of nitrogens with zero attached hydrogens (tertiary/aromatic N) is 1. The molecule has 1 unspecified atom stereocenters. The van der Waals surface area contributed by atoms with E-state index in [9.17, 15) is 0 Å². The highest BCUT2D eigenvalue weighted by Crippen LogP contribution is 2.06. The Morgan fingerprint density at radius 1 is 1.67 bits per heavy atom. The molecule has 0 aromatic rings. The fourth-order valence-electron chi connectivity index (χ4n) is 0.508. The highest BCUT2D eigenvalue weighted by Gasteiger charge is 2.28. The lowest BCUT2D eigenvalue weighted by molar-refractivity contribution is 0.625. The summed E-state index contributed by atoms with van der Waals surface area (Å²) < 4.78 is 1.97. The van der Waals surface area contributed by atoms with E-state index >= 15 is 0 Å². The van der Waals surface area contributed by atoms with E-state index in [0.29, 0.717) is 0 Å². The van der Waals surface area contributed by atoms with E-state index in [1.807, 2.05) is 25.7 Å². The third-order valence-electron chi connectivity index (χ3n) is 1.27. The van der Waals surface area contributed by atoms with Gasteiger partial charge in [-0.25, -0.2) is 0 Å². The van der Waals surface area contributed by atoms with Crippen LogP contribution in [0.4, 0.5) is 0 Å². The van der Waals surface area contributed by atoms with Gasteiger partial charge in [-0.2, -0.15) is 0 Å². The molecule has 0 amide bonds. The van der Waals surface area contributed by atoms with Crippen molar-refractivity contribution in [2.45, 2.75) is 0 Å². The minimum absolute atomic E-state index is 1.79. The number of hydrogen-bond donors (Lipinski definition) is 1. The first-order chi connectivity index (χ1) is 4.06. The molecule has 1 atom stereocenters. The van der Waals surface area contributed by atoms with Crippen LogP contribution in [-0.2, 0) is 0 Å². The molecule has 0 aromatic carbocycles. The van der Waals surface area contributed by atoms with Crippen LogP contribution in [0.15, 0.2) is 12.3 Å². The molecule has 0 heterocycles. The molecular formula is C5H13ClN2Si. The molecule has 0 aromatic heterocycles. The Morgan fingerprint density at radius 2 is 2.11 bits per heavy atom. The van der Waals surface area contributed by atoms with Crippen molar-refractivity contribution >= 4 is 18.8 Å². The van der Waals surface area contributed by atoms with Crippen molar-refractivity contribution in [3.63, 3.8) is 0 Å². The summed E-state index contributed by atoms with van der Waals surface area (Å²) in [6.45, 7) is 3.65. The van der Waals surface area contributed by atoms with Crippen LogP contribution in [0.1, 0.15) is 0 Å². The molecule has 0 aliphatic carbocycles. The average Bonchev–Trinajstić information content (AvgIpc) is 1.86. The SMILES string of the molecule is C=C[Si](Cl)(NC)N(C)C. The van der Waals surface area contributed by atoms with Crippen molar-refractivity contribution in [3.8, 4) is 0 Å². The molecule has 0 spiro atoms. The maximum atomic E-state index is 6.08. The standard InChI is InChI=1S/C5H13ClN2Si/c1-5-9(6,7-2)8(3)4/h5,7H,1H2,2-4H3. The molecule has 2 nitrogen and oxygen atoms in total. The van der Waals surface area contributed by atoms with Gasteiger partial charge in [0.15, 0.2) is 0 Å². The van der Waals surface area contributed by atoms with Crippen molar-refractivity contribution in [1.82, 2.24) is 9.55 Å². The summed E-state index contributed by atoms with van der Waals surface area (Å²) in [5, 5.41) is 0. The van der Waals surface area contributed by atoms with Gasteiger partial charge in [0.05, 0.1) is 0 Å². The van der Waals surface area contributed by atoms with Crippen molar-refractivity contribution in [2.24, 2.45) is 0 Å². The fraction of sp³-hybridized carbons (Fsp3) is 0.600. The van der Waals surface area contributed by atoms with E-state index in [0.717, 1.165) is 0 Å². The lowest BCUT2D eigenvalue weighted by atomic mass is 11.2. The molecular weight excluding hydrogens is 152 g/mol. The third-order valence-corrected chi connectivity index (χ3v) is 5.86. The highest BCUT2D eigenvalue weighted by molar-refractivity contribution is 7.20. The Balaban J connectivity index is 4.08. The Labute approximate surface area is 62.4 Å². The second-order valence-corrected chi connectivity index (χ2v) is 6.90. The molecule has 0 aliphatic heterocycles. The van der Waals surface area contributed by atoms with Gasteiger partial charge < -0.3 is 9.55 Å². The Kier molecular flexibility index (Phi) is 3.43. The molecule has 0 radical (unpaired) electrons. The zero-order chi connectivity index (χ0) is 7.49. The van der Waals surface area contributed by atoms with E-state index in [1.54, 1.807) is 5.70 Å². The Hall–Kier alpha value is 0.167. The lowest BCUT2D eigenvalue weighted by Gasteiger charge is -2.26. The summed E-state index contributed by atoms with van der Waals surface area (Å²) in [5.41, 5.74) is 1.79. The first kappa shape index (κ1) is 9.17. The monoisotopic (exact) mass is 164 g/mol. The van der Waals surface area contributed by atoms with Gasteiger partial charge in [-0.05, 0) is 21.1 Å². The van der Waals surface area contributed by atoms with Crippen LogP contribution >= 0.6 is 11.1 Å². The van der Waals surface area contributed by atoms with E-state index in [2.05, 4.69) is 11.6 Å². The van der Waals surface area contributed by atoms with Gasteiger partial charge >= 0.3 is 7.71 Å². The van der Waals surface area contributed by atoms with Gasteiger partial charge in [0.25, 0.3) is 0 Å². The van der Waals surface area contributed by atoms with Gasteiger partial charge in [0.1, 0.15) is 0 Å². The summed E-state index contributed by atoms with van der Waals surface area (Å²) in [5.74, 6) is 0. The average molecular weight is 165 g/mol. The van der Waals surface area contributed by atoms with Crippen LogP contribution < -0.4 is 4.98 Å². The third kappa shape index (κ3) is 2.10. The highest BCUT2D eigenvalue weighted by atomic mass is 35.6. The molecule has 0 saturated carbocycles. The summed E-state index contributed by atoms with van der Waals surface area (Å²) >= 11 is 6.08. The maximum Gasteiger partial charge on any atom is 0.329 e. The smallest absolute Gasteiger partial charge is 0.313 e. The van der Waals surface area contributed by atoms with Crippen LogP contribution in [-0.4, -0.2) is 33.4 Å². The lowest BCUT2D eigenvalue weighted by Crippen LogP contribution is -2.54. The van der Waals surface area contributed by atoms with Crippen molar-refractivity contribution < 1.29 is 0 Å². The first-order valence-corrected chi connectivity index (χ1v) is 5.79. The molecule has 0 aliphatic rings. The molecule has 1 N–H and O–H groups in total. The first-order valence-electron chi connectivity index (χ1n) is 2.75. The predicted octanol–water partition coefficient (Wildman–Crippen LogP) is 0.670. The van der Waals surface area contributed by atoms with Crippen molar-refractivity contribution in [2.75, 3.05) is 21.1 Å². The van der Waals surface area contributed by atoms with Crippen molar-refractivity contribution in [3.05, 3.63) is 12.3 Å². The van der Waals surface area contributed by atoms with Crippen LogP contribution in [0.3, 0.4) is 0 Å². The van der Waals surface area contributed by atoms with Gasteiger partial charge in [-0.3, -0.25) is 0 Å². The zero-order valence-electron chi connectivity index (χ0n) is 6.11. The quantitative estimate of drug-likeness (QED) is 0.488. The van der Waals surface area contributed by atoms with Crippen molar-refractivity contribution in [1.29, 1.82) is 0 Å². The maximum absolute atomic E-state index is 6.08. The van der Waals surface area contributed by atoms with Crippen LogP contribution in [0.25, 0.3) is 0 Å². The molecule has 54 valence electrons. The Bertz CT molecular complexity index is 107. The number of halogens is 1. The van der Waals surface area contributed by atoms with Crippen LogP contribution in [0.2, 0.25) is 0 Å². The largest absolute Gasteiger partial charge is 0.329 e. The molecule has 0 saturated heterocycles. The Morgan fingerprint density at radius 3 is 2.11 bits per heavy atom. The van der Waals surface area contributed by atoms with Crippen LogP contribution in [0, 0.1) is 0 Å². The van der Waals surface area contributed by atoms with Gasteiger partial charge in [0.2, 0.25) is 0 Å². The molecule has 4 heteroatoms. The van der Waals surface area contributed by atoms with E-state index in [1.165, 1.54) is 0 Å². The molecule has 0 fully saturated rings. The van der Waals surface area contributed by atoms with E-state index in [-0.39, 0.29) is 0 Å². The molecule has 0 bridgehead atoms. The summed E-state index contributed by atoms with van der Waals surface area (Å²) in [7, 11) is 3.78. The van der Waals surface area contributed by atoms with Gasteiger partial charge in [-0.1, -0.05) is 5.70 Å². The normalized spacial score (nSPS) is 17.4.